The topological polar surface area (TPSA) is 6.48 Å². The lowest BCUT2D eigenvalue weighted by Gasteiger charge is -2.34. The van der Waals surface area contributed by atoms with Crippen molar-refractivity contribution < 1.29 is 0 Å². The quantitative estimate of drug-likeness (QED) is 0.777. The van der Waals surface area contributed by atoms with E-state index in [-0.39, 0.29) is 0 Å². The molecule has 1 atom stereocenters. The van der Waals surface area contributed by atoms with Gasteiger partial charge in [0.25, 0.3) is 0 Å². The van der Waals surface area contributed by atoms with Crippen molar-refractivity contribution in [2.45, 2.75) is 51.9 Å². The second-order valence-corrected chi connectivity index (χ2v) is 6.77. The lowest BCUT2D eigenvalue weighted by molar-refractivity contribution is 0.274. The largest absolute Gasteiger partial charge is 0.308 e. The van der Waals surface area contributed by atoms with Gasteiger partial charge in [-0.25, -0.2) is 0 Å². The van der Waals surface area contributed by atoms with Crippen molar-refractivity contribution in [1.29, 1.82) is 0 Å². The molecule has 1 fully saturated rings. The van der Waals surface area contributed by atoms with Gasteiger partial charge in [-0.05, 0) is 58.1 Å². The van der Waals surface area contributed by atoms with Crippen LogP contribution in [-0.2, 0) is 11.8 Å². The summed E-state index contributed by atoms with van der Waals surface area (Å²) in [6.07, 6.45) is 5.08. The van der Waals surface area contributed by atoms with E-state index in [0.717, 1.165) is 6.54 Å². The number of unbranched alkanes of at least 4 members (excludes halogenated alkanes) is 1. The second-order valence-electron chi connectivity index (χ2n) is 6.77. The Hall–Kier alpha value is -0.860. The van der Waals surface area contributed by atoms with Crippen molar-refractivity contribution >= 4 is 0 Å². The highest BCUT2D eigenvalue weighted by molar-refractivity contribution is 5.36. The van der Waals surface area contributed by atoms with E-state index in [2.05, 4.69) is 62.1 Å². The average Bonchev–Trinajstić information content (AvgIpc) is 2.88. The maximum atomic E-state index is 2.49. The molecule has 2 nitrogen and oxygen atoms in total. The maximum Gasteiger partial charge on any atom is 0.0222 e. The molecule has 0 aliphatic carbocycles. The molecule has 1 aromatic rings. The first kappa shape index (κ1) is 19.2. The molecule has 0 bridgehead atoms. The van der Waals surface area contributed by atoms with Gasteiger partial charge in [-0.15, -0.1) is 0 Å². The van der Waals surface area contributed by atoms with E-state index in [1.807, 2.05) is 13.8 Å². The molecule has 0 N–H and O–H groups in total. The zero-order valence-corrected chi connectivity index (χ0v) is 15.7. The molecule has 1 aliphatic heterocycles. The first-order valence-corrected chi connectivity index (χ1v) is 8.99. The molecule has 2 heteroatoms. The zero-order chi connectivity index (χ0) is 16.6. The van der Waals surface area contributed by atoms with E-state index >= 15 is 0 Å². The van der Waals surface area contributed by atoms with Gasteiger partial charge in [0.1, 0.15) is 0 Å². The van der Waals surface area contributed by atoms with Crippen molar-refractivity contribution in [3.8, 4) is 0 Å². The Morgan fingerprint density at radius 1 is 1.18 bits per heavy atom. The normalized spacial score (nSPS) is 21.8. The smallest absolute Gasteiger partial charge is 0.0222 e. The van der Waals surface area contributed by atoms with Gasteiger partial charge in [-0.3, -0.25) is 0 Å². The van der Waals surface area contributed by atoms with Gasteiger partial charge in [0, 0.05) is 18.5 Å². The Morgan fingerprint density at radius 3 is 2.41 bits per heavy atom. The predicted molar refractivity (Wildman–Crippen MR) is 98.7 cm³/mol. The Balaban J connectivity index is 0.00000116. The molecule has 1 unspecified atom stereocenters. The maximum absolute atomic E-state index is 2.49. The number of likely N-dealkylation sites (N-methyl/N-ethyl adjacent to an activating group) is 2. The van der Waals surface area contributed by atoms with Gasteiger partial charge >= 0.3 is 0 Å². The number of benzene rings is 1. The van der Waals surface area contributed by atoms with Crippen molar-refractivity contribution in [2.24, 2.45) is 0 Å². The molecule has 0 saturated carbocycles. The number of hydrogen-bond donors (Lipinski definition) is 0. The van der Waals surface area contributed by atoms with Crippen LogP contribution in [0.15, 0.2) is 24.3 Å². The van der Waals surface area contributed by atoms with Gasteiger partial charge in [0.2, 0.25) is 0 Å². The molecule has 1 saturated heterocycles. The summed E-state index contributed by atoms with van der Waals surface area (Å²) in [5.41, 5.74) is 3.50. The van der Waals surface area contributed by atoms with E-state index in [0.29, 0.717) is 5.41 Å². The molecule has 1 aliphatic rings. The molecule has 0 aromatic heterocycles. The van der Waals surface area contributed by atoms with Crippen LogP contribution in [0, 0.1) is 0 Å². The first-order chi connectivity index (χ1) is 10.6. The fourth-order valence-corrected chi connectivity index (χ4v) is 3.74. The van der Waals surface area contributed by atoms with E-state index in [4.69, 9.17) is 0 Å². The first-order valence-electron chi connectivity index (χ1n) is 8.99. The van der Waals surface area contributed by atoms with Crippen LogP contribution in [0.1, 0.15) is 51.2 Å². The van der Waals surface area contributed by atoms with Crippen LogP contribution in [0.5, 0.6) is 0 Å². The van der Waals surface area contributed by atoms with E-state index in [9.17, 15) is 0 Å². The summed E-state index contributed by atoms with van der Waals surface area (Å²) in [5, 5.41) is 0. The summed E-state index contributed by atoms with van der Waals surface area (Å²) >= 11 is 0. The van der Waals surface area contributed by atoms with Crippen molar-refractivity contribution in [2.75, 3.05) is 40.8 Å². The third-order valence-electron chi connectivity index (χ3n) is 4.55. The minimum Gasteiger partial charge on any atom is -0.308 e. The molecule has 126 valence electrons. The fourth-order valence-electron chi connectivity index (χ4n) is 3.74. The summed E-state index contributed by atoms with van der Waals surface area (Å²) in [6, 6.07) is 9.16. The number of nitrogens with zero attached hydrogens (tertiary/aromatic N) is 2. The Morgan fingerprint density at radius 2 is 1.86 bits per heavy atom. The molecule has 0 amide bonds. The minimum atomic E-state index is 0.322. The molecular weight excluding hydrogens is 268 g/mol. The average molecular weight is 305 g/mol. The molecule has 1 aromatic carbocycles. The number of aryl methyl sites for hydroxylation is 1. The standard InChI is InChI=1S/C18H30N2.C2H6/c1-5-6-9-16-10-7-8-11-17(16)18(14-19(2)3)12-13-20(4)15-18;1-2/h7-8,10-11H,5-6,9,12-15H2,1-4H3;1-2H3. The van der Waals surface area contributed by atoms with E-state index in [1.165, 1.54) is 38.8 Å². The number of rotatable bonds is 6. The number of hydrogen-bond acceptors (Lipinski definition) is 2. The lowest BCUT2D eigenvalue weighted by Crippen LogP contribution is -2.40. The van der Waals surface area contributed by atoms with Gasteiger partial charge in [0.05, 0.1) is 0 Å². The molecule has 0 spiro atoms. The fraction of sp³-hybridized carbons (Fsp3) is 0.700. The van der Waals surface area contributed by atoms with E-state index in [1.54, 1.807) is 11.1 Å². The van der Waals surface area contributed by atoms with Crippen LogP contribution in [0.25, 0.3) is 0 Å². The van der Waals surface area contributed by atoms with Gasteiger partial charge < -0.3 is 9.80 Å². The van der Waals surface area contributed by atoms with Gasteiger partial charge in [0.15, 0.2) is 0 Å². The summed E-state index contributed by atoms with van der Waals surface area (Å²) in [6.45, 7) is 9.84. The highest BCUT2D eigenvalue weighted by atomic mass is 15.2. The summed E-state index contributed by atoms with van der Waals surface area (Å²) in [5.74, 6) is 0. The van der Waals surface area contributed by atoms with Crippen LogP contribution in [0.4, 0.5) is 0 Å². The molecular formula is C20H36N2. The highest BCUT2D eigenvalue weighted by Crippen LogP contribution is 2.37. The minimum absolute atomic E-state index is 0.322. The van der Waals surface area contributed by atoms with Crippen LogP contribution in [0.3, 0.4) is 0 Å². The van der Waals surface area contributed by atoms with Crippen LogP contribution < -0.4 is 0 Å². The number of likely N-dealkylation sites (tertiary alicyclic amines) is 1. The van der Waals surface area contributed by atoms with Crippen LogP contribution in [0.2, 0.25) is 0 Å². The second kappa shape index (κ2) is 9.32. The summed E-state index contributed by atoms with van der Waals surface area (Å²) in [7, 11) is 6.66. The Bertz CT molecular complexity index is 427. The predicted octanol–water partition coefficient (Wildman–Crippen LogP) is 4.19. The van der Waals surface area contributed by atoms with Crippen LogP contribution >= 0.6 is 0 Å². The molecule has 2 rings (SSSR count). The zero-order valence-electron chi connectivity index (χ0n) is 15.7. The van der Waals surface area contributed by atoms with E-state index < -0.39 is 0 Å². The van der Waals surface area contributed by atoms with Crippen molar-refractivity contribution in [3.05, 3.63) is 35.4 Å². The monoisotopic (exact) mass is 304 g/mol. The SMILES string of the molecule is CC.CCCCc1ccccc1C1(CN(C)C)CCN(C)C1. The molecule has 22 heavy (non-hydrogen) atoms. The third-order valence-corrected chi connectivity index (χ3v) is 4.55. The Kier molecular flexibility index (Phi) is 8.13. The van der Waals surface area contributed by atoms with Crippen molar-refractivity contribution in [3.63, 3.8) is 0 Å². The third kappa shape index (κ3) is 4.82. The summed E-state index contributed by atoms with van der Waals surface area (Å²) in [4.78, 5) is 4.84. The van der Waals surface area contributed by atoms with Gasteiger partial charge in [-0.2, -0.15) is 0 Å². The Labute approximate surface area is 138 Å². The molecule has 1 heterocycles. The van der Waals surface area contributed by atoms with Crippen molar-refractivity contribution in [1.82, 2.24) is 9.80 Å². The highest BCUT2D eigenvalue weighted by Gasteiger charge is 2.39. The molecule has 0 radical (unpaired) electrons. The lowest BCUT2D eigenvalue weighted by atomic mass is 9.76. The summed E-state index contributed by atoms with van der Waals surface area (Å²) < 4.78 is 0. The van der Waals surface area contributed by atoms with Gasteiger partial charge in [-0.1, -0.05) is 51.5 Å². The van der Waals surface area contributed by atoms with Crippen LogP contribution in [-0.4, -0.2) is 50.6 Å².